The molecular weight excluding hydrogens is 376 g/mol. The Morgan fingerprint density at radius 2 is 1.73 bits per heavy atom. The van der Waals surface area contributed by atoms with Crippen molar-refractivity contribution in [3.05, 3.63) is 17.5 Å². The normalized spacial score (nSPS) is 32.1. The van der Waals surface area contributed by atoms with Crippen molar-refractivity contribution in [2.75, 3.05) is 26.2 Å². The third kappa shape index (κ3) is 2.86. The largest absolute Gasteiger partial charge is 0.481 e. The first-order valence-corrected chi connectivity index (χ1v) is 11.3. The lowest BCUT2D eigenvalue weighted by Crippen LogP contribution is -2.53. The molecule has 1 amide bonds. The summed E-state index contributed by atoms with van der Waals surface area (Å²) in [5.41, 5.74) is 0. The predicted molar refractivity (Wildman–Crippen MR) is 95.1 cm³/mol. The van der Waals surface area contributed by atoms with E-state index in [4.69, 9.17) is 0 Å². The van der Waals surface area contributed by atoms with Gasteiger partial charge < -0.3 is 10.0 Å². The molecule has 142 valence electrons. The third-order valence-electron chi connectivity index (χ3n) is 6.13. The maximum atomic E-state index is 13.0. The second-order valence-electron chi connectivity index (χ2n) is 7.38. The summed E-state index contributed by atoms with van der Waals surface area (Å²) >= 11 is 1.19. The summed E-state index contributed by atoms with van der Waals surface area (Å²) in [5.74, 6) is -1.69. The first-order valence-electron chi connectivity index (χ1n) is 8.95. The Hall–Kier alpha value is -1.45. The highest BCUT2D eigenvalue weighted by molar-refractivity contribution is 7.91. The average Bonchev–Trinajstić information content (AvgIpc) is 3.37. The first kappa shape index (κ1) is 17.9. The monoisotopic (exact) mass is 398 g/mol. The summed E-state index contributed by atoms with van der Waals surface area (Å²) in [6, 6.07) is 3.29. The van der Waals surface area contributed by atoms with Crippen molar-refractivity contribution in [1.29, 1.82) is 0 Å². The second kappa shape index (κ2) is 6.61. The van der Waals surface area contributed by atoms with Gasteiger partial charge >= 0.3 is 5.97 Å². The summed E-state index contributed by atoms with van der Waals surface area (Å²) in [6.07, 6.45) is 2.66. The maximum Gasteiger partial charge on any atom is 0.307 e. The molecular formula is C17H22N2O5S2. The number of carboxylic acid groups (broad SMARTS) is 1. The molecule has 0 spiro atoms. The molecule has 1 saturated heterocycles. The van der Waals surface area contributed by atoms with Gasteiger partial charge in [0.25, 0.3) is 10.0 Å². The molecule has 9 heteroatoms. The van der Waals surface area contributed by atoms with Crippen molar-refractivity contribution in [3.8, 4) is 0 Å². The summed E-state index contributed by atoms with van der Waals surface area (Å²) in [6.45, 7) is 1.16. The summed E-state index contributed by atoms with van der Waals surface area (Å²) in [7, 11) is -3.50. The fourth-order valence-corrected chi connectivity index (χ4v) is 7.47. The van der Waals surface area contributed by atoms with Crippen LogP contribution >= 0.6 is 11.3 Å². The van der Waals surface area contributed by atoms with Crippen LogP contribution in [-0.2, 0) is 19.6 Å². The summed E-state index contributed by atoms with van der Waals surface area (Å²) in [5, 5.41) is 11.3. The molecule has 7 nitrogen and oxygen atoms in total. The smallest absolute Gasteiger partial charge is 0.307 e. The Bertz CT molecular complexity index is 799. The second-order valence-corrected chi connectivity index (χ2v) is 10.5. The molecule has 2 bridgehead atoms. The molecule has 1 aromatic heterocycles. The SMILES string of the molecule is O=C(O)[C@H]1[C@@H]2CC[C@@H](C2)[C@@H]1C(=O)N1CCN(S(=O)(=O)c2cccs2)CC1. The predicted octanol–water partition coefficient (Wildman–Crippen LogP) is 1.33. The topological polar surface area (TPSA) is 95.0 Å². The van der Waals surface area contributed by atoms with Crippen LogP contribution in [0.5, 0.6) is 0 Å². The zero-order valence-corrected chi connectivity index (χ0v) is 15.9. The number of sulfonamides is 1. The number of piperazine rings is 1. The molecule has 3 fully saturated rings. The molecule has 1 aromatic rings. The molecule has 0 radical (unpaired) electrons. The maximum absolute atomic E-state index is 13.0. The van der Waals surface area contributed by atoms with Gasteiger partial charge in [-0.25, -0.2) is 8.42 Å². The Balaban J connectivity index is 1.43. The number of hydrogen-bond acceptors (Lipinski definition) is 5. The van der Waals surface area contributed by atoms with Crippen LogP contribution < -0.4 is 0 Å². The van der Waals surface area contributed by atoms with Gasteiger partial charge in [0.1, 0.15) is 4.21 Å². The molecule has 4 rings (SSSR count). The Morgan fingerprint density at radius 1 is 1.08 bits per heavy atom. The number of rotatable bonds is 4. The molecule has 2 heterocycles. The van der Waals surface area contributed by atoms with Gasteiger partial charge in [-0.1, -0.05) is 6.07 Å². The molecule has 2 aliphatic carbocycles. The van der Waals surface area contributed by atoms with Crippen LogP contribution in [-0.4, -0.2) is 60.8 Å². The highest BCUT2D eigenvalue weighted by Crippen LogP contribution is 2.53. The Morgan fingerprint density at radius 3 is 2.31 bits per heavy atom. The van der Waals surface area contributed by atoms with E-state index >= 15 is 0 Å². The van der Waals surface area contributed by atoms with Crippen LogP contribution in [0.25, 0.3) is 0 Å². The van der Waals surface area contributed by atoms with Gasteiger partial charge in [0.2, 0.25) is 5.91 Å². The van der Waals surface area contributed by atoms with Crippen LogP contribution in [0.15, 0.2) is 21.7 Å². The van der Waals surface area contributed by atoms with Gasteiger partial charge in [-0.3, -0.25) is 9.59 Å². The van der Waals surface area contributed by atoms with E-state index in [0.29, 0.717) is 17.3 Å². The van der Waals surface area contributed by atoms with Crippen molar-refractivity contribution in [3.63, 3.8) is 0 Å². The van der Waals surface area contributed by atoms with Gasteiger partial charge in [-0.05, 0) is 42.5 Å². The van der Waals surface area contributed by atoms with E-state index in [1.165, 1.54) is 15.6 Å². The quantitative estimate of drug-likeness (QED) is 0.826. The lowest BCUT2D eigenvalue weighted by atomic mass is 9.78. The van der Waals surface area contributed by atoms with E-state index in [9.17, 15) is 23.1 Å². The number of carbonyl (C=O) groups is 2. The summed E-state index contributed by atoms with van der Waals surface area (Å²) in [4.78, 5) is 26.3. The number of carboxylic acids is 1. The highest BCUT2D eigenvalue weighted by Gasteiger charge is 2.55. The van der Waals surface area contributed by atoms with Gasteiger partial charge in [0, 0.05) is 26.2 Å². The van der Waals surface area contributed by atoms with Crippen molar-refractivity contribution in [1.82, 2.24) is 9.21 Å². The molecule has 26 heavy (non-hydrogen) atoms. The van der Waals surface area contributed by atoms with Crippen molar-refractivity contribution < 1.29 is 23.1 Å². The fourth-order valence-electron chi connectivity index (χ4n) is 4.90. The number of aliphatic carboxylic acids is 1. The number of fused-ring (bicyclic) bond motifs is 2. The lowest BCUT2D eigenvalue weighted by Gasteiger charge is -2.37. The van der Waals surface area contributed by atoms with E-state index in [1.807, 2.05) is 0 Å². The van der Waals surface area contributed by atoms with Crippen LogP contribution in [0.3, 0.4) is 0 Å². The van der Waals surface area contributed by atoms with Gasteiger partial charge in [-0.2, -0.15) is 4.31 Å². The number of amides is 1. The van der Waals surface area contributed by atoms with Crippen LogP contribution in [0.2, 0.25) is 0 Å². The Kier molecular flexibility index (Phi) is 4.56. The van der Waals surface area contributed by atoms with Gasteiger partial charge in [0.15, 0.2) is 0 Å². The van der Waals surface area contributed by atoms with Crippen LogP contribution in [0, 0.1) is 23.7 Å². The number of carbonyl (C=O) groups excluding carboxylic acids is 1. The lowest BCUT2D eigenvalue weighted by molar-refractivity contribution is -0.153. The minimum absolute atomic E-state index is 0.0993. The minimum atomic E-state index is -3.50. The minimum Gasteiger partial charge on any atom is -0.481 e. The number of hydrogen-bond donors (Lipinski definition) is 1. The van der Waals surface area contributed by atoms with E-state index < -0.39 is 27.8 Å². The zero-order chi connectivity index (χ0) is 18.5. The molecule has 1 aliphatic heterocycles. The van der Waals surface area contributed by atoms with Crippen molar-refractivity contribution in [2.45, 2.75) is 23.5 Å². The number of thiophene rings is 1. The molecule has 1 N–H and O–H groups in total. The fraction of sp³-hybridized carbons (Fsp3) is 0.647. The average molecular weight is 399 g/mol. The van der Waals surface area contributed by atoms with E-state index in [0.717, 1.165) is 19.3 Å². The van der Waals surface area contributed by atoms with Crippen molar-refractivity contribution >= 4 is 33.2 Å². The zero-order valence-electron chi connectivity index (χ0n) is 14.3. The molecule has 0 aromatic carbocycles. The van der Waals surface area contributed by atoms with Gasteiger partial charge in [0.05, 0.1) is 11.8 Å². The first-order chi connectivity index (χ1) is 12.4. The Labute approximate surface area is 156 Å². The molecule has 4 atom stereocenters. The standard InChI is InChI=1S/C17H22N2O5S2/c20-16(14-11-3-4-12(10-11)15(14)17(21)22)18-5-7-19(8-6-18)26(23,24)13-2-1-9-25-13/h1-2,9,11-12,14-15H,3-8,10H2,(H,21,22)/t11-,12+,14-,15-/m0/s1. The molecule has 3 aliphatic rings. The van der Waals surface area contributed by atoms with E-state index in [-0.39, 0.29) is 30.8 Å². The van der Waals surface area contributed by atoms with E-state index in [2.05, 4.69) is 0 Å². The van der Waals surface area contributed by atoms with Crippen LogP contribution in [0.4, 0.5) is 0 Å². The van der Waals surface area contributed by atoms with E-state index in [1.54, 1.807) is 22.4 Å². The third-order valence-corrected chi connectivity index (χ3v) is 9.40. The molecule has 2 saturated carbocycles. The van der Waals surface area contributed by atoms with Crippen molar-refractivity contribution in [2.24, 2.45) is 23.7 Å². The number of nitrogens with zero attached hydrogens (tertiary/aromatic N) is 2. The summed E-state index contributed by atoms with van der Waals surface area (Å²) < 4.78 is 26.9. The van der Waals surface area contributed by atoms with Crippen LogP contribution in [0.1, 0.15) is 19.3 Å². The molecule has 0 unspecified atom stereocenters. The highest BCUT2D eigenvalue weighted by atomic mass is 32.2. The van der Waals surface area contributed by atoms with Gasteiger partial charge in [-0.15, -0.1) is 11.3 Å².